The van der Waals surface area contributed by atoms with Crippen molar-refractivity contribution >= 4 is 26.0 Å². The van der Waals surface area contributed by atoms with E-state index in [1.807, 2.05) is 6.92 Å². The molecule has 0 saturated heterocycles. The van der Waals surface area contributed by atoms with Gasteiger partial charge in [-0.1, -0.05) is 15.9 Å². The number of nitrogens with zero attached hydrogens (tertiary/aromatic N) is 2. The first-order valence-electron chi connectivity index (χ1n) is 6.62. The van der Waals surface area contributed by atoms with E-state index in [0.717, 1.165) is 5.69 Å². The standard InChI is InChI=1S/C14H16BrN3O3S/c1-3-21-13-5-4-11(15)7-14(13)22(19,20)18-8-12-6-10(2)16-9-17-12/h4-7,9,18H,3,8H2,1-2H3. The van der Waals surface area contributed by atoms with Gasteiger partial charge in [0.2, 0.25) is 10.0 Å². The molecule has 0 fully saturated rings. The molecule has 0 spiro atoms. The van der Waals surface area contributed by atoms with Crippen LogP contribution in [0.1, 0.15) is 18.3 Å². The number of rotatable bonds is 6. The lowest BCUT2D eigenvalue weighted by Gasteiger charge is -2.12. The number of aromatic nitrogens is 2. The van der Waals surface area contributed by atoms with E-state index in [-0.39, 0.29) is 11.4 Å². The maximum absolute atomic E-state index is 12.5. The topological polar surface area (TPSA) is 81.2 Å². The van der Waals surface area contributed by atoms with Crippen LogP contribution < -0.4 is 9.46 Å². The maximum atomic E-state index is 12.5. The van der Waals surface area contributed by atoms with Gasteiger partial charge in [0, 0.05) is 10.2 Å². The largest absolute Gasteiger partial charge is 0.492 e. The highest BCUT2D eigenvalue weighted by molar-refractivity contribution is 9.10. The Hall–Kier alpha value is -1.51. The minimum absolute atomic E-state index is 0.0871. The van der Waals surface area contributed by atoms with Crippen LogP contribution in [0.3, 0.4) is 0 Å². The van der Waals surface area contributed by atoms with Crippen molar-refractivity contribution in [3.8, 4) is 5.75 Å². The molecular formula is C14H16BrN3O3S. The summed E-state index contributed by atoms with van der Waals surface area (Å²) >= 11 is 3.28. The van der Waals surface area contributed by atoms with E-state index in [4.69, 9.17) is 4.74 Å². The van der Waals surface area contributed by atoms with Gasteiger partial charge in [-0.15, -0.1) is 0 Å². The monoisotopic (exact) mass is 385 g/mol. The fraction of sp³-hybridized carbons (Fsp3) is 0.286. The summed E-state index contributed by atoms with van der Waals surface area (Å²) < 4.78 is 33.5. The summed E-state index contributed by atoms with van der Waals surface area (Å²) in [4.78, 5) is 8.10. The van der Waals surface area contributed by atoms with Crippen molar-refractivity contribution in [3.05, 3.63) is 46.5 Å². The van der Waals surface area contributed by atoms with Crippen LogP contribution in [0, 0.1) is 6.92 Å². The van der Waals surface area contributed by atoms with Crippen molar-refractivity contribution in [2.24, 2.45) is 0 Å². The van der Waals surface area contributed by atoms with Gasteiger partial charge in [-0.25, -0.2) is 23.1 Å². The van der Waals surface area contributed by atoms with E-state index in [2.05, 4.69) is 30.6 Å². The van der Waals surface area contributed by atoms with E-state index in [1.54, 1.807) is 25.1 Å². The van der Waals surface area contributed by atoms with E-state index in [1.165, 1.54) is 12.4 Å². The number of sulfonamides is 1. The summed E-state index contributed by atoms with van der Waals surface area (Å²) in [6.07, 6.45) is 1.41. The molecule has 0 aliphatic carbocycles. The van der Waals surface area contributed by atoms with Gasteiger partial charge in [-0.05, 0) is 38.1 Å². The minimum atomic E-state index is -3.71. The molecule has 0 amide bonds. The summed E-state index contributed by atoms with van der Waals surface area (Å²) in [5.74, 6) is 0.317. The van der Waals surface area contributed by atoms with Crippen LogP contribution in [0.2, 0.25) is 0 Å². The summed E-state index contributed by atoms with van der Waals surface area (Å²) in [6.45, 7) is 4.09. The Kier molecular flexibility index (Phi) is 5.49. The van der Waals surface area contributed by atoms with Gasteiger partial charge in [0.05, 0.1) is 18.8 Å². The van der Waals surface area contributed by atoms with Gasteiger partial charge in [0.1, 0.15) is 17.0 Å². The zero-order valence-electron chi connectivity index (χ0n) is 12.2. The smallest absolute Gasteiger partial charge is 0.244 e. The van der Waals surface area contributed by atoms with Gasteiger partial charge >= 0.3 is 0 Å². The Labute approximate surface area is 138 Å². The molecule has 6 nitrogen and oxygen atoms in total. The molecule has 1 aromatic carbocycles. The molecule has 2 aromatic rings. The van der Waals surface area contributed by atoms with E-state index in [9.17, 15) is 8.42 Å². The van der Waals surface area contributed by atoms with Crippen LogP contribution >= 0.6 is 15.9 Å². The first kappa shape index (κ1) is 16.9. The second kappa shape index (κ2) is 7.17. The lowest BCUT2D eigenvalue weighted by atomic mass is 10.3. The van der Waals surface area contributed by atoms with Gasteiger partial charge in [-0.2, -0.15) is 0 Å². The third kappa shape index (κ3) is 4.25. The molecule has 2 rings (SSSR count). The maximum Gasteiger partial charge on any atom is 0.244 e. The second-order valence-electron chi connectivity index (χ2n) is 4.50. The molecule has 0 aliphatic heterocycles. The highest BCUT2D eigenvalue weighted by atomic mass is 79.9. The van der Waals surface area contributed by atoms with Crippen LogP contribution in [-0.2, 0) is 16.6 Å². The average molecular weight is 386 g/mol. The molecule has 0 atom stereocenters. The lowest BCUT2D eigenvalue weighted by Crippen LogP contribution is -2.24. The van der Waals surface area contributed by atoms with Crippen molar-refractivity contribution < 1.29 is 13.2 Å². The number of ether oxygens (including phenoxy) is 1. The van der Waals surface area contributed by atoms with Gasteiger partial charge in [0.25, 0.3) is 0 Å². The zero-order valence-corrected chi connectivity index (χ0v) is 14.6. The fourth-order valence-electron chi connectivity index (χ4n) is 1.82. The first-order valence-corrected chi connectivity index (χ1v) is 8.89. The summed E-state index contributed by atoms with van der Waals surface area (Å²) in [7, 11) is -3.71. The first-order chi connectivity index (χ1) is 10.4. The molecule has 0 bridgehead atoms. The predicted molar refractivity (Wildman–Crippen MR) is 86.1 cm³/mol. The minimum Gasteiger partial charge on any atom is -0.492 e. The molecule has 1 heterocycles. The molecule has 1 N–H and O–H groups in total. The lowest BCUT2D eigenvalue weighted by molar-refractivity contribution is 0.331. The molecule has 0 aliphatic rings. The third-order valence-corrected chi connectivity index (χ3v) is 4.71. The molecular weight excluding hydrogens is 370 g/mol. The van der Waals surface area contributed by atoms with Crippen LogP contribution in [0.5, 0.6) is 5.75 Å². The molecule has 0 unspecified atom stereocenters. The normalized spacial score (nSPS) is 11.4. The number of hydrogen-bond acceptors (Lipinski definition) is 5. The quantitative estimate of drug-likeness (QED) is 0.825. The molecule has 0 saturated carbocycles. The van der Waals surface area contributed by atoms with Crippen molar-refractivity contribution in [1.29, 1.82) is 0 Å². The molecule has 22 heavy (non-hydrogen) atoms. The van der Waals surface area contributed by atoms with Crippen molar-refractivity contribution in [3.63, 3.8) is 0 Å². The number of nitrogens with one attached hydrogen (secondary N) is 1. The Morgan fingerprint density at radius 1 is 1.27 bits per heavy atom. The van der Waals surface area contributed by atoms with Crippen LogP contribution in [0.25, 0.3) is 0 Å². The average Bonchev–Trinajstić information content (AvgIpc) is 2.47. The van der Waals surface area contributed by atoms with Crippen LogP contribution in [0.4, 0.5) is 0 Å². The number of hydrogen-bond donors (Lipinski definition) is 1. The number of aryl methyl sites for hydroxylation is 1. The summed E-state index contributed by atoms with van der Waals surface area (Å²) in [6, 6.07) is 6.60. The molecule has 0 radical (unpaired) electrons. The number of benzene rings is 1. The molecule has 118 valence electrons. The fourth-order valence-corrected chi connectivity index (χ4v) is 3.50. The Morgan fingerprint density at radius 2 is 2.05 bits per heavy atom. The Balaban J connectivity index is 2.25. The second-order valence-corrected chi connectivity index (χ2v) is 7.15. The Morgan fingerprint density at radius 3 is 2.73 bits per heavy atom. The number of halogens is 1. The van der Waals surface area contributed by atoms with Crippen molar-refractivity contribution in [2.75, 3.05) is 6.61 Å². The van der Waals surface area contributed by atoms with Crippen LogP contribution in [-0.4, -0.2) is 25.0 Å². The van der Waals surface area contributed by atoms with Gasteiger partial charge in [-0.3, -0.25) is 0 Å². The summed E-state index contributed by atoms with van der Waals surface area (Å²) in [5.41, 5.74) is 1.38. The SMILES string of the molecule is CCOc1ccc(Br)cc1S(=O)(=O)NCc1cc(C)ncn1. The summed E-state index contributed by atoms with van der Waals surface area (Å²) in [5, 5.41) is 0. The Bertz CT molecular complexity index is 766. The zero-order chi connectivity index (χ0) is 16.2. The third-order valence-electron chi connectivity index (χ3n) is 2.80. The van der Waals surface area contributed by atoms with Crippen molar-refractivity contribution in [2.45, 2.75) is 25.3 Å². The van der Waals surface area contributed by atoms with Gasteiger partial charge in [0.15, 0.2) is 0 Å². The van der Waals surface area contributed by atoms with E-state index < -0.39 is 10.0 Å². The van der Waals surface area contributed by atoms with Crippen LogP contribution in [0.15, 0.2) is 40.0 Å². The predicted octanol–water partition coefficient (Wildman–Crippen LogP) is 2.42. The van der Waals surface area contributed by atoms with Crippen molar-refractivity contribution in [1.82, 2.24) is 14.7 Å². The molecule has 8 heteroatoms. The molecule has 1 aromatic heterocycles. The van der Waals surface area contributed by atoms with E-state index in [0.29, 0.717) is 22.5 Å². The highest BCUT2D eigenvalue weighted by Gasteiger charge is 2.20. The van der Waals surface area contributed by atoms with E-state index >= 15 is 0 Å². The van der Waals surface area contributed by atoms with Gasteiger partial charge < -0.3 is 4.74 Å². The highest BCUT2D eigenvalue weighted by Crippen LogP contribution is 2.27.